The number of nitrogens with one attached hydrogen (secondary N) is 2. The molecule has 0 heterocycles. The molecule has 5 heteroatoms. The summed E-state index contributed by atoms with van der Waals surface area (Å²) in [5, 5.41) is 6.11. The highest BCUT2D eigenvalue weighted by atomic mass is 35.5. The third-order valence-electron chi connectivity index (χ3n) is 1.80. The lowest BCUT2D eigenvalue weighted by Crippen LogP contribution is -2.07. The summed E-state index contributed by atoms with van der Waals surface area (Å²) in [6.07, 6.45) is 2.27. The molecule has 0 saturated carbocycles. The van der Waals surface area contributed by atoms with Gasteiger partial charge in [0.2, 0.25) is 0 Å². The lowest BCUT2D eigenvalue weighted by Gasteiger charge is -1.95. The van der Waals surface area contributed by atoms with Crippen molar-refractivity contribution in [2.24, 2.45) is 0 Å². The van der Waals surface area contributed by atoms with Gasteiger partial charge >= 0.3 is 0 Å². The number of rotatable bonds is 4. The summed E-state index contributed by atoms with van der Waals surface area (Å²) in [7, 11) is 5.57. The van der Waals surface area contributed by atoms with E-state index >= 15 is 0 Å². The van der Waals surface area contributed by atoms with Crippen molar-refractivity contribution in [2.75, 3.05) is 27.7 Å². The van der Waals surface area contributed by atoms with Crippen molar-refractivity contribution >= 4 is 24.2 Å². The zero-order chi connectivity index (χ0) is 15.1. The van der Waals surface area contributed by atoms with Gasteiger partial charge in [-0.1, -0.05) is 17.7 Å². The largest absolute Gasteiger partial charge is 0.323 e. The molecule has 4 nitrogen and oxygen atoms in total. The third kappa shape index (κ3) is 13.0. The van der Waals surface area contributed by atoms with Crippen molar-refractivity contribution < 1.29 is 9.59 Å². The van der Waals surface area contributed by atoms with E-state index in [2.05, 4.69) is 10.6 Å². The van der Waals surface area contributed by atoms with E-state index in [1.807, 2.05) is 34.1 Å². The molecule has 2 N–H and O–H groups in total. The van der Waals surface area contributed by atoms with Gasteiger partial charge in [-0.15, -0.1) is 0 Å². The van der Waals surface area contributed by atoms with Gasteiger partial charge in [-0.3, -0.25) is 4.79 Å². The van der Waals surface area contributed by atoms with Crippen LogP contribution in [0.1, 0.15) is 22.3 Å². The second-order valence-electron chi connectivity index (χ2n) is 3.70. The summed E-state index contributed by atoms with van der Waals surface area (Å²) >= 11 is 5.70. The van der Waals surface area contributed by atoms with E-state index in [1.165, 1.54) is 0 Å². The summed E-state index contributed by atoms with van der Waals surface area (Å²) in [6, 6.07) is 5.34. The van der Waals surface area contributed by atoms with Crippen molar-refractivity contribution in [3.8, 4) is 0 Å². The molecule has 0 fully saturated rings. The van der Waals surface area contributed by atoms with Crippen LogP contribution in [0.25, 0.3) is 0 Å². The lowest BCUT2D eigenvalue weighted by atomic mass is 10.2. The fourth-order valence-electron chi connectivity index (χ4n) is 0.931. The molecular formula is C14H23ClN2O2. The zero-order valence-electron chi connectivity index (χ0n) is 12.0. The van der Waals surface area contributed by atoms with E-state index < -0.39 is 0 Å². The monoisotopic (exact) mass is 286 g/mol. The molecule has 0 radical (unpaired) electrons. The summed E-state index contributed by atoms with van der Waals surface area (Å²) in [6.45, 7) is 2.73. The number of carbonyl (C=O) groups is 2. The quantitative estimate of drug-likeness (QED) is 0.657. The minimum atomic E-state index is 0.523. The number of aldehydes is 2. The van der Waals surface area contributed by atoms with Crippen LogP contribution in [-0.2, 0) is 4.79 Å². The van der Waals surface area contributed by atoms with E-state index in [1.54, 1.807) is 12.1 Å². The summed E-state index contributed by atoms with van der Waals surface area (Å²) in [5.41, 5.74) is 1.61. The van der Waals surface area contributed by atoms with E-state index in [0.29, 0.717) is 17.0 Å². The lowest BCUT2D eigenvalue weighted by molar-refractivity contribution is -0.107. The molecule has 1 aromatic rings. The minimum Gasteiger partial charge on any atom is -0.323 e. The molecule has 0 aliphatic rings. The summed E-state index contributed by atoms with van der Waals surface area (Å²) < 4.78 is 0. The van der Waals surface area contributed by atoms with Gasteiger partial charge in [-0.25, -0.2) is 0 Å². The van der Waals surface area contributed by atoms with Gasteiger partial charge in [0.25, 0.3) is 0 Å². The van der Waals surface area contributed by atoms with Gasteiger partial charge in [0, 0.05) is 18.5 Å². The molecular weight excluding hydrogens is 264 g/mol. The van der Waals surface area contributed by atoms with Crippen molar-refractivity contribution in [3.05, 3.63) is 34.3 Å². The molecule has 1 aromatic carbocycles. The maximum atomic E-state index is 10.3. The van der Waals surface area contributed by atoms with E-state index in [9.17, 15) is 9.59 Å². The Bertz CT molecular complexity index is 357. The molecule has 19 heavy (non-hydrogen) atoms. The fraction of sp³-hybridized carbons (Fsp3) is 0.429. The Hall–Kier alpha value is -1.23. The molecule has 0 bridgehead atoms. The average Bonchev–Trinajstić information content (AvgIpc) is 2.38. The summed E-state index contributed by atoms with van der Waals surface area (Å²) in [4.78, 5) is 19.8. The van der Waals surface area contributed by atoms with Gasteiger partial charge in [-0.05, 0) is 45.8 Å². The zero-order valence-corrected chi connectivity index (χ0v) is 12.8. The van der Waals surface area contributed by atoms with Crippen LogP contribution in [0, 0.1) is 6.92 Å². The molecule has 0 aliphatic carbocycles. The van der Waals surface area contributed by atoms with Gasteiger partial charge in [-0.2, -0.15) is 0 Å². The molecule has 1 rings (SSSR count). The molecule has 0 unspecified atom stereocenters. The Balaban J connectivity index is 0. The second-order valence-corrected chi connectivity index (χ2v) is 4.11. The van der Waals surface area contributed by atoms with E-state index in [0.717, 1.165) is 24.7 Å². The number of benzene rings is 1. The Morgan fingerprint density at radius 2 is 1.79 bits per heavy atom. The van der Waals surface area contributed by atoms with Crippen molar-refractivity contribution in [2.45, 2.75) is 13.3 Å². The van der Waals surface area contributed by atoms with Gasteiger partial charge in [0.15, 0.2) is 6.29 Å². The SMILES string of the molecule is CNC.CNCCC=O.Cc1ccc(C=O)c(Cl)c1. The number of aryl methyl sites for hydroxylation is 1. The maximum absolute atomic E-state index is 10.3. The Morgan fingerprint density at radius 3 is 2.11 bits per heavy atom. The first-order valence-corrected chi connectivity index (χ1v) is 6.33. The smallest absolute Gasteiger partial charge is 0.151 e. The molecule has 0 amide bonds. The van der Waals surface area contributed by atoms with Gasteiger partial charge < -0.3 is 15.4 Å². The standard InChI is InChI=1S/C8H7ClO.C4H9NO.C2H7N/c1-6-2-3-7(5-10)8(9)4-6;1-5-3-2-4-6;1-3-2/h2-5H,1H3;4-5H,2-3H2,1H3;3H,1-2H3. The number of hydrogen-bond donors (Lipinski definition) is 2. The van der Waals surface area contributed by atoms with Crippen LogP contribution in [0.15, 0.2) is 18.2 Å². The Kier molecular flexibility index (Phi) is 15.7. The van der Waals surface area contributed by atoms with Crippen molar-refractivity contribution in [1.82, 2.24) is 10.6 Å². The number of carbonyl (C=O) groups excluding carboxylic acids is 2. The van der Waals surface area contributed by atoms with Crippen LogP contribution in [0.3, 0.4) is 0 Å². The molecule has 0 spiro atoms. The van der Waals surface area contributed by atoms with E-state index in [-0.39, 0.29) is 0 Å². The number of halogens is 1. The van der Waals surface area contributed by atoms with Crippen molar-refractivity contribution in [1.29, 1.82) is 0 Å². The first kappa shape index (κ1) is 20.1. The highest BCUT2D eigenvalue weighted by Gasteiger charge is 1.96. The second kappa shape index (κ2) is 14.8. The van der Waals surface area contributed by atoms with Crippen molar-refractivity contribution in [3.63, 3.8) is 0 Å². The summed E-state index contributed by atoms with van der Waals surface area (Å²) in [5.74, 6) is 0. The Labute approximate surface area is 120 Å². The number of hydrogen-bond acceptors (Lipinski definition) is 4. The minimum absolute atomic E-state index is 0.523. The van der Waals surface area contributed by atoms with Crippen LogP contribution in [-0.4, -0.2) is 40.3 Å². The topological polar surface area (TPSA) is 58.2 Å². The van der Waals surface area contributed by atoms with Crippen LogP contribution in [0.2, 0.25) is 5.02 Å². The first-order valence-electron chi connectivity index (χ1n) is 5.95. The van der Waals surface area contributed by atoms with Gasteiger partial charge in [0.1, 0.15) is 6.29 Å². The third-order valence-corrected chi connectivity index (χ3v) is 2.12. The molecule has 108 valence electrons. The van der Waals surface area contributed by atoms with E-state index in [4.69, 9.17) is 11.6 Å². The maximum Gasteiger partial charge on any atom is 0.151 e. The normalized spacial score (nSPS) is 8.47. The fourth-order valence-corrected chi connectivity index (χ4v) is 1.21. The van der Waals surface area contributed by atoms with Crippen LogP contribution in [0.5, 0.6) is 0 Å². The van der Waals surface area contributed by atoms with Gasteiger partial charge in [0.05, 0.1) is 5.02 Å². The molecule has 0 atom stereocenters. The first-order chi connectivity index (χ1) is 9.06. The molecule has 0 saturated heterocycles. The average molecular weight is 287 g/mol. The predicted octanol–water partition coefficient (Wildman–Crippen LogP) is 2.09. The molecule has 0 aromatic heterocycles. The Morgan fingerprint density at radius 1 is 1.21 bits per heavy atom. The predicted molar refractivity (Wildman–Crippen MR) is 81.2 cm³/mol. The molecule has 0 aliphatic heterocycles. The van der Waals surface area contributed by atoms with Crippen LogP contribution >= 0.6 is 11.6 Å². The van der Waals surface area contributed by atoms with Crippen LogP contribution < -0.4 is 10.6 Å². The van der Waals surface area contributed by atoms with Crippen LogP contribution in [0.4, 0.5) is 0 Å². The highest BCUT2D eigenvalue weighted by molar-refractivity contribution is 6.33. The highest BCUT2D eigenvalue weighted by Crippen LogP contribution is 2.14.